The second-order valence-electron chi connectivity index (χ2n) is 2.95. The highest BCUT2D eigenvalue weighted by Crippen LogP contribution is 2.16. The lowest BCUT2D eigenvalue weighted by Crippen LogP contribution is -1.87. The molecule has 0 saturated heterocycles. The van der Waals surface area contributed by atoms with Gasteiger partial charge in [0.1, 0.15) is 0 Å². The minimum Gasteiger partial charge on any atom is -0.257 e. The standard InChI is InChI=1S/C11H10N/c1-8-7-10-5-3-4-6-11(10)9(2)12-8/h3-6H,1-2H3. The molecule has 0 bridgehead atoms. The van der Waals surface area contributed by atoms with Crippen LogP contribution in [0, 0.1) is 19.9 Å². The van der Waals surface area contributed by atoms with Crippen molar-refractivity contribution in [3.05, 3.63) is 41.7 Å². The van der Waals surface area contributed by atoms with Gasteiger partial charge in [0.05, 0.1) is 0 Å². The highest BCUT2D eigenvalue weighted by Gasteiger charge is 1.97. The van der Waals surface area contributed by atoms with Gasteiger partial charge in [0, 0.05) is 22.8 Å². The van der Waals surface area contributed by atoms with E-state index in [0.717, 1.165) is 16.8 Å². The molecule has 2 rings (SSSR count). The van der Waals surface area contributed by atoms with Crippen molar-refractivity contribution in [1.82, 2.24) is 4.98 Å². The summed E-state index contributed by atoms with van der Waals surface area (Å²) in [6.07, 6.45) is 0. The molecule has 0 aliphatic carbocycles. The summed E-state index contributed by atoms with van der Waals surface area (Å²) in [5.41, 5.74) is 2.05. The molecule has 0 N–H and O–H groups in total. The van der Waals surface area contributed by atoms with Crippen molar-refractivity contribution in [2.24, 2.45) is 0 Å². The number of fused-ring (bicyclic) bond motifs is 1. The van der Waals surface area contributed by atoms with Crippen molar-refractivity contribution in [2.75, 3.05) is 0 Å². The van der Waals surface area contributed by atoms with Crippen LogP contribution in [0.4, 0.5) is 0 Å². The molecule has 0 aliphatic rings. The largest absolute Gasteiger partial charge is 0.257 e. The Morgan fingerprint density at radius 2 is 1.92 bits per heavy atom. The van der Waals surface area contributed by atoms with Gasteiger partial charge in [-0.05, 0) is 19.2 Å². The van der Waals surface area contributed by atoms with E-state index in [-0.39, 0.29) is 0 Å². The molecule has 1 heteroatoms. The Morgan fingerprint density at radius 3 is 2.75 bits per heavy atom. The van der Waals surface area contributed by atoms with Crippen LogP contribution in [0.15, 0.2) is 24.3 Å². The van der Waals surface area contributed by atoms with Gasteiger partial charge in [-0.15, -0.1) is 0 Å². The van der Waals surface area contributed by atoms with Crippen molar-refractivity contribution in [3.63, 3.8) is 0 Å². The summed E-state index contributed by atoms with van der Waals surface area (Å²) >= 11 is 0. The van der Waals surface area contributed by atoms with Gasteiger partial charge >= 0.3 is 0 Å². The molecule has 1 heterocycles. The summed E-state index contributed by atoms with van der Waals surface area (Å²) < 4.78 is 0. The SMILES string of the molecule is Cc1[c]c2ccccc2c(C)n1. The Bertz CT molecular complexity index is 418. The van der Waals surface area contributed by atoms with E-state index in [1.54, 1.807) is 0 Å². The third kappa shape index (κ3) is 1.07. The number of hydrogen-bond acceptors (Lipinski definition) is 1. The molecule has 1 aromatic heterocycles. The van der Waals surface area contributed by atoms with Crippen LogP contribution in [0.1, 0.15) is 11.4 Å². The second kappa shape index (κ2) is 2.59. The molecule has 0 fully saturated rings. The lowest BCUT2D eigenvalue weighted by atomic mass is 10.1. The van der Waals surface area contributed by atoms with Crippen molar-refractivity contribution < 1.29 is 0 Å². The molecule has 0 unspecified atom stereocenters. The fraction of sp³-hybridized carbons (Fsp3) is 0.182. The predicted molar refractivity (Wildman–Crippen MR) is 50.1 cm³/mol. The Labute approximate surface area is 72.1 Å². The van der Waals surface area contributed by atoms with Gasteiger partial charge in [-0.2, -0.15) is 0 Å². The van der Waals surface area contributed by atoms with Gasteiger partial charge in [-0.1, -0.05) is 24.3 Å². The Hall–Kier alpha value is -1.37. The van der Waals surface area contributed by atoms with Crippen LogP contribution in [0.2, 0.25) is 0 Å². The first kappa shape index (κ1) is 7.29. The predicted octanol–water partition coefficient (Wildman–Crippen LogP) is 2.65. The summed E-state index contributed by atoms with van der Waals surface area (Å²) in [6, 6.07) is 11.4. The minimum absolute atomic E-state index is 0.964. The van der Waals surface area contributed by atoms with Gasteiger partial charge in [0.15, 0.2) is 0 Å². The smallest absolute Gasteiger partial charge is 0.0461 e. The van der Waals surface area contributed by atoms with Crippen LogP contribution in [0.5, 0.6) is 0 Å². The summed E-state index contributed by atoms with van der Waals surface area (Å²) in [5, 5.41) is 2.35. The summed E-state index contributed by atoms with van der Waals surface area (Å²) in [7, 11) is 0. The van der Waals surface area contributed by atoms with Gasteiger partial charge in [0.2, 0.25) is 0 Å². The molecule has 0 spiro atoms. The van der Waals surface area contributed by atoms with Gasteiger partial charge < -0.3 is 0 Å². The minimum atomic E-state index is 0.964. The zero-order valence-corrected chi connectivity index (χ0v) is 7.26. The van der Waals surface area contributed by atoms with E-state index in [4.69, 9.17) is 0 Å². The molecule has 0 amide bonds. The maximum absolute atomic E-state index is 4.35. The fourth-order valence-electron chi connectivity index (χ4n) is 1.44. The molecule has 59 valence electrons. The number of pyridine rings is 1. The molecule has 1 radical (unpaired) electrons. The molecule has 2 aromatic rings. The van der Waals surface area contributed by atoms with Crippen molar-refractivity contribution >= 4 is 10.8 Å². The Balaban J connectivity index is 2.89. The number of nitrogens with zero attached hydrogens (tertiary/aromatic N) is 1. The van der Waals surface area contributed by atoms with E-state index >= 15 is 0 Å². The summed E-state index contributed by atoms with van der Waals surface area (Å²) in [5.74, 6) is 0. The highest BCUT2D eigenvalue weighted by atomic mass is 14.7. The maximum Gasteiger partial charge on any atom is 0.0461 e. The number of hydrogen-bond donors (Lipinski definition) is 0. The van der Waals surface area contributed by atoms with Crippen LogP contribution in [0.3, 0.4) is 0 Å². The van der Waals surface area contributed by atoms with Crippen LogP contribution >= 0.6 is 0 Å². The first-order valence-electron chi connectivity index (χ1n) is 4.02. The first-order valence-corrected chi connectivity index (χ1v) is 4.02. The molecule has 0 saturated carbocycles. The average Bonchev–Trinajstić information content (AvgIpc) is 2.04. The molecule has 1 nitrogen and oxygen atoms in total. The van der Waals surface area contributed by atoms with Crippen molar-refractivity contribution in [1.29, 1.82) is 0 Å². The van der Waals surface area contributed by atoms with Gasteiger partial charge in [-0.25, -0.2) is 0 Å². The molecule has 12 heavy (non-hydrogen) atoms. The lowest BCUT2D eigenvalue weighted by molar-refractivity contribution is 1.15. The monoisotopic (exact) mass is 156 g/mol. The highest BCUT2D eigenvalue weighted by molar-refractivity contribution is 5.83. The molecule has 0 aliphatic heterocycles. The third-order valence-corrected chi connectivity index (χ3v) is 1.97. The van der Waals surface area contributed by atoms with Crippen LogP contribution in [0.25, 0.3) is 10.8 Å². The quantitative estimate of drug-likeness (QED) is 0.571. The second-order valence-corrected chi connectivity index (χ2v) is 2.95. The van der Waals surface area contributed by atoms with E-state index in [2.05, 4.69) is 23.2 Å². The average molecular weight is 156 g/mol. The van der Waals surface area contributed by atoms with Crippen molar-refractivity contribution in [2.45, 2.75) is 13.8 Å². The Kier molecular flexibility index (Phi) is 1.58. The number of rotatable bonds is 0. The van der Waals surface area contributed by atoms with E-state index in [1.165, 1.54) is 5.39 Å². The molecular formula is C11H10N. The Morgan fingerprint density at radius 1 is 1.17 bits per heavy atom. The van der Waals surface area contributed by atoms with E-state index in [0.29, 0.717) is 0 Å². The lowest BCUT2D eigenvalue weighted by Gasteiger charge is -2.01. The summed E-state index contributed by atoms with van der Waals surface area (Å²) in [6.45, 7) is 4.00. The number of aryl methyl sites for hydroxylation is 2. The molecule has 1 aromatic carbocycles. The van der Waals surface area contributed by atoms with Crippen LogP contribution in [-0.4, -0.2) is 4.98 Å². The number of benzene rings is 1. The van der Waals surface area contributed by atoms with Crippen LogP contribution in [-0.2, 0) is 0 Å². The molecule has 0 atom stereocenters. The van der Waals surface area contributed by atoms with E-state index in [1.807, 2.05) is 26.0 Å². The van der Waals surface area contributed by atoms with E-state index in [9.17, 15) is 0 Å². The van der Waals surface area contributed by atoms with Gasteiger partial charge in [0.25, 0.3) is 0 Å². The van der Waals surface area contributed by atoms with Crippen LogP contribution < -0.4 is 0 Å². The third-order valence-electron chi connectivity index (χ3n) is 1.97. The summed E-state index contributed by atoms with van der Waals surface area (Å²) in [4.78, 5) is 4.35. The number of aromatic nitrogens is 1. The molecular weight excluding hydrogens is 146 g/mol. The van der Waals surface area contributed by atoms with E-state index < -0.39 is 0 Å². The zero-order valence-electron chi connectivity index (χ0n) is 7.26. The normalized spacial score (nSPS) is 10.5. The first-order chi connectivity index (χ1) is 5.77. The topological polar surface area (TPSA) is 12.9 Å². The maximum atomic E-state index is 4.35. The fourth-order valence-corrected chi connectivity index (χ4v) is 1.44. The zero-order chi connectivity index (χ0) is 8.55. The van der Waals surface area contributed by atoms with Gasteiger partial charge in [-0.3, -0.25) is 4.98 Å². The van der Waals surface area contributed by atoms with Crippen molar-refractivity contribution in [3.8, 4) is 0 Å².